The van der Waals surface area contributed by atoms with Crippen LogP contribution in [-0.2, 0) is 4.79 Å². The zero-order valence-corrected chi connectivity index (χ0v) is 12.5. The summed E-state index contributed by atoms with van der Waals surface area (Å²) in [5, 5.41) is 14.5. The van der Waals surface area contributed by atoms with Crippen LogP contribution >= 0.6 is 0 Å². The molecule has 0 bridgehead atoms. The lowest BCUT2D eigenvalue weighted by Gasteiger charge is -2.08. The second-order valence-electron chi connectivity index (χ2n) is 4.62. The fourth-order valence-corrected chi connectivity index (χ4v) is 1.88. The van der Waals surface area contributed by atoms with Crippen molar-refractivity contribution in [2.75, 3.05) is 6.61 Å². The molecule has 120 valence electrons. The second kappa shape index (κ2) is 7.79. The highest BCUT2D eigenvalue weighted by Gasteiger charge is 2.06. The molecule has 0 aliphatic heterocycles. The Morgan fingerprint density at radius 1 is 1.26 bits per heavy atom. The number of hydrogen-bond acceptors (Lipinski definition) is 5. The SMILES string of the molecule is CC/C(=N/NC(=O)c1ccc[nH]1)c1ccc(OCC(=O)[O-])cc1. The number of aromatic nitrogens is 1. The van der Waals surface area contributed by atoms with Crippen LogP contribution in [0.4, 0.5) is 0 Å². The van der Waals surface area contributed by atoms with Gasteiger partial charge in [-0.05, 0) is 48.4 Å². The van der Waals surface area contributed by atoms with Crippen molar-refractivity contribution >= 4 is 17.6 Å². The quantitative estimate of drug-likeness (QED) is 0.579. The molecule has 2 aromatic rings. The molecule has 7 nitrogen and oxygen atoms in total. The highest BCUT2D eigenvalue weighted by molar-refractivity contribution is 6.01. The van der Waals surface area contributed by atoms with E-state index < -0.39 is 12.6 Å². The fourth-order valence-electron chi connectivity index (χ4n) is 1.88. The highest BCUT2D eigenvalue weighted by atomic mass is 16.5. The zero-order chi connectivity index (χ0) is 16.7. The number of rotatable bonds is 7. The largest absolute Gasteiger partial charge is 0.546 e. The minimum Gasteiger partial charge on any atom is -0.546 e. The van der Waals surface area contributed by atoms with Gasteiger partial charge in [-0.15, -0.1) is 0 Å². The van der Waals surface area contributed by atoms with Gasteiger partial charge in [-0.25, -0.2) is 5.43 Å². The smallest absolute Gasteiger partial charge is 0.287 e. The van der Waals surface area contributed by atoms with Gasteiger partial charge in [0.15, 0.2) is 0 Å². The summed E-state index contributed by atoms with van der Waals surface area (Å²) in [6.45, 7) is 1.42. The number of H-pyrrole nitrogens is 1. The van der Waals surface area contributed by atoms with Crippen LogP contribution in [0.15, 0.2) is 47.7 Å². The Morgan fingerprint density at radius 2 is 2.00 bits per heavy atom. The first-order valence-electron chi connectivity index (χ1n) is 7.03. The predicted octanol–water partition coefficient (Wildman–Crippen LogP) is 0.687. The van der Waals surface area contributed by atoms with Gasteiger partial charge in [-0.3, -0.25) is 4.79 Å². The number of aliphatic carboxylic acids is 1. The van der Waals surface area contributed by atoms with Crippen molar-refractivity contribution in [2.24, 2.45) is 5.10 Å². The summed E-state index contributed by atoms with van der Waals surface area (Å²) in [5.41, 5.74) is 4.41. The Hall–Kier alpha value is -3.09. The number of ether oxygens (including phenoxy) is 1. The molecule has 0 saturated heterocycles. The van der Waals surface area contributed by atoms with Crippen LogP contribution in [0.25, 0.3) is 0 Å². The van der Waals surface area contributed by atoms with Crippen molar-refractivity contribution in [3.8, 4) is 5.75 Å². The molecule has 0 unspecified atom stereocenters. The maximum atomic E-state index is 11.8. The zero-order valence-electron chi connectivity index (χ0n) is 12.5. The molecule has 1 heterocycles. The van der Waals surface area contributed by atoms with E-state index >= 15 is 0 Å². The average Bonchev–Trinajstić information content (AvgIpc) is 3.09. The van der Waals surface area contributed by atoms with Crippen LogP contribution in [-0.4, -0.2) is 29.2 Å². The molecule has 0 aliphatic rings. The first-order chi connectivity index (χ1) is 11.1. The molecule has 7 heteroatoms. The maximum absolute atomic E-state index is 11.8. The van der Waals surface area contributed by atoms with Gasteiger partial charge >= 0.3 is 0 Å². The minimum absolute atomic E-state index is 0.324. The molecular formula is C16H16N3O4-. The summed E-state index contributed by atoms with van der Waals surface area (Å²) in [6, 6.07) is 10.1. The third-order valence-corrected chi connectivity index (χ3v) is 3.01. The number of nitrogens with one attached hydrogen (secondary N) is 2. The molecular weight excluding hydrogens is 298 g/mol. The average molecular weight is 314 g/mol. The fraction of sp³-hybridized carbons (Fsp3) is 0.188. The lowest BCUT2D eigenvalue weighted by atomic mass is 10.1. The number of carbonyl (C=O) groups is 2. The van der Waals surface area contributed by atoms with E-state index in [1.807, 2.05) is 6.92 Å². The number of carboxylic acid groups (broad SMARTS) is 1. The van der Waals surface area contributed by atoms with Crippen molar-refractivity contribution < 1.29 is 19.4 Å². The molecule has 0 radical (unpaired) electrons. The van der Waals surface area contributed by atoms with E-state index in [-0.39, 0.29) is 5.91 Å². The number of amides is 1. The Bertz CT molecular complexity index is 691. The van der Waals surface area contributed by atoms with Gasteiger partial charge in [-0.2, -0.15) is 5.10 Å². The van der Waals surface area contributed by atoms with Crippen molar-refractivity contribution in [3.05, 3.63) is 53.9 Å². The van der Waals surface area contributed by atoms with E-state index in [0.717, 1.165) is 5.56 Å². The number of carbonyl (C=O) groups excluding carboxylic acids is 2. The van der Waals surface area contributed by atoms with Gasteiger partial charge in [-0.1, -0.05) is 6.92 Å². The van der Waals surface area contributed by atoms with Crippen molar-refractivity contribution in [1.29, 1.82) is 0 Å². The summed E-state index contributed by atoms with van der Waals surface area (Å²) in [7, 11) is 0. The molecule has 1 amide bonds. The third-order valence-electron chi connectivity index (χ3n) is 3.01. The van der Waals surface area contributed by atoms with Crippen LogP contribution in [0.3, 0.4) is 0 Å². The molecule has 0 saturated carbocycles. The monoisotopic (exact) mass is 314 g/mol. The normalized spacial score (nSPS) is 11.1. The molecule has 0 fully saturated rings. The van der Waals surface area contributed by atoms with E-state index in [2.05, 4.69) is 15.5 Å². The van der Waals surface area contributed by atoms with Gasteiger partial charge in [0.1, 0.15) is 18.1 Å². The van der Waals surface area contributed by atoms with Gasteiger partial charge in [0, 0.05) is 6.20 Å². The summed E-state index contributed by atoms with van der Waals surface area (Å²) in [5.74, 6) is -1.18. The Labute approximate surface area is 133 Å². The summed E-state index contributed by atoms with van der Waals surface area (Å²) >= 11 is 0. The van der Waals surface area contributed by atoms with Crippen LogP contribution < -0.4 is 15.3 Å². The van der Waals surface area contributed by atoms with E-state index in [9.17, 15) is 14.7 Å². The molecule has 2 rings (SSSR count). The molecule has 2 N–H and O–H groups in total. The van der Waals surface area contributed by atoms with E-state index in [4.69, 9.17) is 4.74 Å². The number of aromatic amines is 1. The van der Waals surface area contributed by atoms with Gasteiger partial charge in [0.05, 0.1) is 11.7 Å². The number of hydrazone groups is 1. The van der Waals surface area contributed by atoms with Crippen LogP contribution in [0.2, 0.25) is 0 Å². The Morgan fingerprint density at radius 3 is 2.57 bits per heavy atom. The molecule has 23 heavy (non-hydrogen) atoms. The van der Waals surface area contributed by atoms with Gasteiger partial charge in [0.25, 0.3) is 5.91 Å². The first-order valence-corrected chi connectivity index (χ1v) is 7.03. The van der Waals surface area contributed by atoms with E-state index in [1.165, 1.54) is 0 Å². The lowest BCUT2D eigenvalue weighted by Crippen LogP contribution is -2.28. The van der Waals surface area contributed by atoms with Crippen molar-refractivity contribution in [2.45, 2.75) is 13.3 Å². The minimum atomic E-state index is -1.28. The highest BCUT2D eigenvalue weighted by Crippen LogP contribution is 2.13. The molecule has 1 aromatic heterocycles. The number of nitrogens with zero attached hydrogens (tertiary/aromatic N) is 1. The molecule has 0 spiro atoms. The molecule has 0 atom stereocenters. The first kappa shape index (κ1) is 16.3. The lowest BCUT2D eigenvalue weighted by molar-refractivity contribution is -0.307. The van der Waals surface area contributed by atoms with Crippen LogP contribution in [0.5, 0.6) is 5.75 Å². The summed E-state index contributed by atoms with van der Waals surface area (Å²) in [6.07, 6.45) is 2.27. The summed E-state index contributed by atoms with van der Waals surface area (Å²) < 4.78 is 5.01. The standard InChI is InChI=1S/C16H17N3O4/c1-2-13(18-19-16(22)14-4-3-9-17-14)11-5-7-12(8-6-11)23-10-15(20)21/h3-9,17H,2,10H2,1H3,(H,19,22)(H,20,21)/p-1/b18-13-. The Kier molecular flexibility index (Phi) is 5.51. The number of hydrogen-bond donors (Lipinski definition) is 2. The predicted molar refractivity (Wildman–Crippen MR) is 82.0 cm³/mol. The van der Waals surface area contributed by atoms with Crippen LogP contribution in [0, 0.1) is 0 Å². The van der Waals surface area contributed by atoms with Gasteiger partial charge < -0.3 is 19.6 Å². The molecule has 1 aromatic carbocycles. The number of carboxylic acids is 1. The topological polar surface area (TPSA) is 107 Å². The van der Waals surface area contributed by atoms with Crippen molar-refractivity contribution in [3.63, 3.8) is 0 Å². The summed E-state index contributed by atoms with van der Waals surface area (Å²) in [4.78, 5) is 25.0. The Balaban J connectivity index is 2.03. The second-order valence-corrected chi connectivity index (χ2v) is 4.62. The third kappa shape index (κ3) is 4.70. The van der Waals surface area contributed by atoms with E-state index in [1.54, 1.807) is 42.6 Å². The number of benzene rings is 1. The maximum Gasteiger partial charge on any atom is 0.287 e. The van der Waals surface area contributed by atoms with E-state index in [0.29, 0.717) is 23.6 Å². The van der Waals surface area contributed by atoms with Gasteiger partial charge in [0.2, 0.25) is 0 Å². The molecule has 0 aliphatic carbocycles. The van der Waals surface area contributed by atoms with Crippen molar-refractivity contribution in [1.82, 2.24) is 10.4 Å². The van der Waals surface area contributed by atoms with Crippen LogP contribution in [0.1, 0.15) is 29.4 Å².